The van der Waals surface area contributed by atoms with E-state index in [1.807, 2.05) is 0 Å². The minimum atomic E-state index is -0.491. The van der Waals surface area contributed by atoms with Gasteiger partial charge in [0.15, 0.2) is 0 Å². The van der Waals surface area contributed by atoms with Gasteiger partial charge in [0.05, 0.1) is 22.7 Å². The number of benzene rings is 1. The van der Waals surface area contributed by atoms with Gasteiger partial charge in [-0.15, -0.1) is 0 Å². The van der Waals surface area contributed by atoms with Crippen molar-refractivity contribution >= 4 is 17.3 Å². The zero-order chi connectivity index (χ0) is 13.1. The molecular formula is C12H14ClNO4. The van der Waals surface area contributed by atoms with E-state index in [0.717, 1.165) is 0 Å². The van der Waals surface area contributed by atoms with E-state index >= 15 is 0 Å². The smallest absolute Gasteiger partial charge is 0.274 e. The number of halogens is 1. The van der Waals surface area contributed by atoms with Crippen LogP contribution in [-0.4, -0.2) is 29.3 Å². The molecule has 1 saturated heterocycles. The van der Waals surface area contributed by atoms with Crippen molar-refractivity contribution in [3.05, 3.63) is 38.9 Å². The third-order valence-electron chi connectivity index (χ3n) is 3.19. The quantitative estimate of drug-likeness (QED) is 0.676. The van der Waals surface area contributed by atoms with E-state index in [9.17, 15) is 15.2 Å². The number of nitro benzene ring substituents is 1. The van der Waals surface area contributed by atoms with Gasteiger partial charge in [-0.05, 0) is 18.9 Å². The molecule has 1 aromatic rings. The molecule has 0 amide bonds. The first-order chi connectivity index (χ1) is 8.59. The van der Waals surface area contributed by atoms with Crippen molar-refractivity contribution in [3.63, 3.8) is 0 Å². The summed E-state index contributed by atoms with van der Waals surface area (Å²) >= 11 is 6.01. The van der Waals surface area contributed by atoms with Crippen LogP contribution in [0.15, 0.2) is 18.2 Å². The van der Waals surface area contributed by atoms with Crippen molar-refractivity contribution in [3.8, 4) is 0 Å². The fraction of sp³-hybridized carbons (Fsp3) is 0.500. The monoisotopic (exact) mass is 271 g/mol. The molecule has 0 saturated carbocycles. The fourth-order valence-corrected chi connectivity index (χ4v) is 2.41. The number of nitrogens with zero attached hydrogens (tertiary/aromatic N) is 1. The summed E-state index contributed by atoms with van der Waals surface area (Å²) in [4.78, 5) is 10.5. The van der Waals surface area contributed by atoms with Gasteiger partial charge in [-0.1, -0.05) is 17.7 Å². The lowest BCUT2D eigenvalue weighted by molar-refractivity contribution is -0.385. The molecule has 6 heteroatoms. The van der Waals surface area contributed by atoms with Crippen LogP contribution in [-0.2, 0) is 11.2 Å². The van der Waals surface area contributed by atoms with Crippen LogP contribution in [0.1, 0.15) is 12.0 Å². The van der Waals surface area contributed by atoms with Crippen molar-refractivity contribution in [1.82, 2.24) is 0 Å². The average molecular weight is 272 g/mol. The minimum Gasteiger partial charge on any atom is -0.393 e. The highest BCUT2D eigenvalue weighted by atomic mass is 35.5. The number of nitro groups is 1. The number of ether oxygens (including phenoxy) is 1. The third kappa shape index (κ3) is 2.80. The molecule has 1 aliphatic rings. The number of hydrogen-bond donors (Lipinski definition) is 1. The number of aliphatic hydroxyl groups is 1. The van der Waals surface area contributed by atoms with Gasteiger partial charge in [0.25, 0.3) is 5.69 Å². The van der Waals surface area contributed by atoms with Crippen LogP contribution in [0.5, 0.6) is 0 Å². The van der Waals surface area contributed by atoms with Crippen LogP contribution in [0, 0.1) is 16.0 Å². The number of hydrogen-bond acceptors (Lipinski definition) is 4. The molecule has 0 spiro atoms. The Bertz CT molecular complexity index is 452. The number of aliphatic hydroxyl groups excluding tert-OH is 1. The predicted molar refractivity (Wildman–Crippen MR) is 66.7 cm³/mol. The Balaban J connectivity index is 2.24. The molecule has 2 rings (SSSR count). The predicted octanol–water partition coefficient (Wildman–Crippen LogP) is 2.19. The zero-order valence-electron chi connectivity index (χ0n) is 9.71. The standard InChI is InChI=1S/C12H14ClNO4/c13-10-2-1-3-11(14(16)17)9(10)6-8-7-18-5-4-12(8)15/h1-3,8,12,15H,4-7H2. The summed E-state index contributed by atoms with van der Waals surface area (Å²) in [7, 11) is 0. The van der Waals surface area contributed by atoms with E-state index in [-0.39, 0.29) is 11.6 Å². The Labute approximate surface area is 109 Å². The van der Waals surface area contributed by atoms with Crippen molar-refractivity contribution in [2.24, 2.45) is 5.92 Å². The summed E-state index contributed by atoms with van der Waals surface area (Å²) in [6, 6.07) is 4.61. The van der Waals surface area contributed by atoms with Gasteiger partial charge in [0, 0.05) is 24.2 Å². The van der Waals surface area contributed by atoms with Gasteiger partial charge in [-0.3, -0.25) is 10.1 Å². The SMILES string of the molecule is O=[N+]([O-])c1cccc(Cl)c1CC1COCCC1O. The molecule has 0 bridgehead atoms. The Kier molecular flexibility index (Phi) is 4.16. The van der Waals surface area contributed by atoms with Crippen molar-refractivity contribution in [2.75, 3.05) is 13.2 Å². The van der Waals surface area contributed by atoms with Crippen LogP contribution in [0.3, 0.4) is 0 Å². The van der Waals surface area contributed by atoms with E-state index < -0.39 is 11.0 Å². The lowest BCUT2D eigenvalue weighted by Gasteiger charge is -2.27. The van der Waals surface area contributed by atoms with Gasteiger partial charge in [-0.25, -0.2) is 0 Å². The van der Waals surface area contributed by atoms with Crippen LogP contribution in [0.4, 0.5) is 5.69 Å². The van der Waals surface area contributed by atoms with E-state index in [2.05, 4.69) is 0 Å². The Morgan fingerprint density at radius 2 is 2.33 bits per heavy atom. The van der Waals surface area contributed by atoms with Gasteiger partial charge < -0.3 is 9.84 Å². The molecule has 1 aromatic carbocycles. The van der Waals surface area contributed by atoms with Crippen LogP contribution < -0.4 is 0 Å². The summed E-state index contributed by atoms with van der Waals surface area (Å²) in [5.41, 5.74) is 0.471. The molecule has 18 heavy (non-hydrogen) atoms. The highest BCUT2D eigenvalue weighted by Gasteiger charge is 2.27. The second-order valence-electron chi connectivity index (χ2n) is 4.39. The van der Waals surface area contributed by atoms with Crippen LogP contribution in [0.25, 0.3) is 0 Å². The second-order valence-corrected chi connectivity index (χ2v) is 4.80. The van der Waals surface area contributed by atoms with E-state index in [1.165, 1.54) is 6.07 Å². The van der Waals surface area contributed by atoms with Crippen molar-refractivity contribution in [1.29, 1.82) is 0 Å². The highest BCUT2D eigenvalue weighted by Crippen LogP contribution is 2.30. The lowest BCUT2D eigenvalue weighted by atomic mass is 9.91. The molecule has 1 heterocycles. The van der Waals surface area contributed by atoms with Gasteiger partial charge in [0.1, 0.15) is 0 Å². The Hall–Kier alpha value is -1.17. The number of rotatable bonds is 3. The Morgan fingerprint density at radius 3 is 3.00 bits per heavy atom. The zero-order valence-corrected chi connectivity index (χ0v) is 10.5. The first kappa shape index (κ1) is 13.3. The molecule has 0 aliphatic carbocycles. The van der Waals surface area contributed by atoms with Crippen LogP contribution >= 0.6 is 11.6 Å². The topological polar surface area (TPSA) is 72.6 Å². The van der Waals surface area contributed by atoms with E-state index in [0.29, 0.717) is 36.6 Å². The first-order valence-corrected chi connectivity index (χ1v) is 6.15. The molecule has 2 atom stereocenters. The first-order valence-electron chi connectivity index (χ1n) is 5.77. The van der Waals surface area contributed by atoms with Gasteiger partial charge >= 0.3 is 0 Å². The molecule has 0 aromatic heterocycles. The summed E-state index contributed by atoms with van der Waals surface area (Å²) < 4.78 is 5.29. The molecule has 2 unspecified atom stereocenters. The largest absolute Gasteiger partial charge is 0.393 e. The molecule has 98 valence electrons. The summed E-state index contributed by atoms with van der Waals surface area (Å²) in [6.07, 6.45) is 0.426. The maximum atomic E-state index is 11.0. The second kappa shape index (κ2) is 5.65. The fourth-order valence-electron chi connectivity index (χ4n) is 2.16. The molecule has 1 N–H and O–H groups in total. The van der Waals surface area contributed by atoms with Crippen molar-refractivity contribution < 1.29 is 14.8 Å². The van der Waals surface area contributed by atoms with E-state index in [4.69, 9.17) is 16.3 Å². The summed E-state index contributed by atoms with van der Waals surface area (Å²) in [6.45, 7) is 0.936. The molecule has 1 aliphatic heterocycles. The molecule has 0 radical (unpaired) electrons. The average Bonchev–Trinajstić information content (AvgIpc) is 2.34. The van der Waals surface area contributed by atoms with Gasteiger partial charge in [0.2, 0.25) is 0 Å². The molecule has 5 nitrogen and oxygen atoms in total. The molecule has 1 fully saturated rings. The minimum absolute atomic E-state index is 0.000253. The lowest BCUT2D eigenvalue weighted by Crippen LogP contribution is -2.33. The van der Waals surface area contributed by atoms with Crippen molar-refractivity contribution in [2.45, 2.75) is 18.9 Å². The van der Waals surface area contributed by atoms with E-state index in [1.54, 1.807) is 12.1 Å². The Morgan fingerprint density at radius 1 is 1.56 bits per heavy atom. The maximum absolute atomic E-state index is 11.0. The highest BCUT2D eigenvalue weighted by molar-refractivity contribution is 6.31. The molecular weight excluding hydrogens is 258 g/mol. The van der Waals surface area contributed by atoms with Crippen LogP contribution in [0.2, 0.25) is 5.02 Å². The third-order valence-corrected chi connectivity index (χ3v) is 3.55. The van der Waals surface area contributed by atoms with Gasteiger partial charge in [-0.2, -0.15) is 0 Å². The summed E-state index contributed by atoms with van der Waals surface area (Å²) in [5.74, 6) is -0.141. The summed E-state index contributed by atoms with van der Waals surface area (Å²) in [5, 5.41) is 21.2. The maximum Gasteiger partial charge on any atom is 0.274 e. The normalized spacial score (nSPS) is 23.9.